The van der Waals surface area contributed by atoms with Crippen molar-refractivity contribution < 1.29 is 9.47 Å². The molecular weight excluding hydrogens is 182 g/mol. The van der Waals surface area contributed by atoms with Crippen molar-refractivity contribution in [1.29, 1.82) is 5.41 Å². The number of nitrogens with zero attached hydrogens (tertiary/aromatic N) is 1. The zero-order valence-corrected chi connectivity index (χ0v) is 7.20. The Balaban J connectivity index is 2.27. The average Bonchev–Trinajstić information content (AvgIpc) is 2.70. The lowest BCUT2D eigenvalue weighted by molar-refractivity contribution is 0.174. The van der Waals surface area contributed by atoms with Crippen LogP contribution in [0.15, 0.2) is 17.1 Å². The van der Waals surface area contributed by atoms with Crippen molar-refractivity contribution in [3.05, 3.63) is 23.3 Å². The Labute approximate surface area is 79.7 Å². The van der Waals surface area contributed by atoms with Gasteiger partial charge < -0.3 is 15.2 Å². The Kier molecular flexibility index (Phi) is 1.19. The minimum Gasteiger partial charge on any atom is -0.454 e. The fourth-order valence-corrected chi connectivity index (χ4v) is 1.59. The highest BCUT2D eigenvalue weighted by Crippen LogP contribution is 2.36. The number of aliphatic imine (C=N–C) groups is 1. The van der Waals surface area contributed by atoms with Gasteiger partial charge in [0, 0.05) is 11.1 Å². The van der Waals surface area contributed by atoms with E-state index in [2.05, 4.69) is 4.99 Å². The van der Waals surface area contributed by atoms with E-state index in [4.69, 9.17) is 20.6 Å². The quantitative estimate of drug-likeness (QED) is 0.622. The van der Waals surface area contributed by atoms with Crippen LogP contribution in [0, 0.1) is 5.41 Å². The first-order valence-corrected chi connectivity index (χ1v) is 4.13. The van der Waals surface area contributed by atoms with Gasteiger partial charge in [-0.05, 0) is 12.1 Å². The first-order chi connectivity index (χ1) is 6.75. The molecule has 0 unspecified atom stereocenters. The smallest absolute Gasteiger partial charge is 0.231 e. The molecule has 0 aromatic heterocycles. The van der Waals surface area contributed by atoms with E-state index in [-0.39, 0.29) is 12.6 Å². The van der Waals surface area contributed by atoms with Gasteiger partial charge in [-0.2, -0.15) is 0 Å². The van der Waals surface area contributed by atoms with E-state index in [9.17, 15) is 0 Å². The SMILES string of the molecule is N=C1N=C(N)c2cc3c(cc21)OCO3. The van der Waals surface area contributed by atoms with Gasteiger partial charge >= 0.3 is 0 Å². The molecule has 3 N–H and O–H groups in total. The first kappa shape index (κ1) is 7.37. The van der Waals surface area contributed by atoms with Crippen LogP contribution in [0.2, 0.25) is 0 Å². The molecule has 70 valence electrons. The number of ether oxygens (including phenoxy) is 2. The number of hydrogen-bond acceptors (Lipinski definition) is 4. The lowest BCUT2D eigenvalue weighted by Gasteiger charge is -2.01. The Morgan fingerprint density at radius 1 is 1.21 bits per heavy atom. The highest BCUT2D eigenvalue weighted by Gasteiger charge is 2.24. The van der Waals surface area contributed by atoms with Gasteiger partial charge in [-0.25, -0.2) is 4.99 Å². The van der Waals surface area contributed by atoms with E-state index in [0.717, 1.165) is 5.56 Å². The van der Waals surface area contributed by atoms with Gasteiger partial charge in [-0.3, -0.25) is 5.41 Å². The summed E-state index contributed by atoms with van der Waals surface area (Å²) in [5.41, 5.74) is 7.09. The molecule has 1 aromatic carbocycles. The topological polar surface area (TPSA) is 80.7 Å². The van der Waals surface area contributed by atoms with Gasteiger partial charge in [0.2, 0.25) is 6.79 Å². The van der Waals surface area contributed by atoms with Crippen molar-refractivity contribution >= 4 is 11.7 Å². The van der Waals surface area contributed by atoms with Gasteiger partial charge in [0.1, 0.15) is 5.84 Å². The molecule has 0 amide bonds. The van der Waals surface area contributed by atoms with Crippen molar-refractivity contribution in [1.82, 2.24) is 0 Å². The molecule has 2 heterocycles. The molecule has 0 bridgehead atoms. The largest absolute Gasteiger partial charge is 0.454 e. The monoisotopic (exact) mass is 189 g/mol. The second kappa shape index (κ2) is 2.25. The summed E-state index contributed by atoms with van der Waals surface area (Å²) in [7, 11) is 0. The van der Waals surface area contributed by atoms with Gasteiger partial charge in [-0.1, -0.05) is 0 Å². The molecular formula is C9H7N3O2. The molecule has 5 nitrogen and oxygen atoms in total. The summed E-state index contributed by atoms with van der Waals surface area (Å²) in [6.07, 6.45) is 0. The zero-order valence-electron chi connectivity index (χ0n) is 7.20. The molecule has 0 aliphatic carbocycles. The van der Waals surface area contributed by atoms with Crippen LogP contribution < -0.4 is 15.2 Å². The molecule has 5 heteroatoms. The third-order valence-corrected chi connectivity index (χ3v) is 2.28. The summed E-state index contributed by atoms with van der Waals surface area (Å²) in [5, 5.41) is 7.56. The van der Waals surface area contributed by atoms with E-state index >= 15 is 0 Å². The molecule has 0 fully saturated rings. The minimum atomic E-state index is 0.177. The highest BCUT2D eigenvalue weighted by atomic mass is 16.7. The maximum absolute atomic E-state index is 7.56. The average molecular weight is 189 g/mol. The minimum absolute atomic E-state index is 0.177. The lowest BCUT2D eigenvalue weighted by atomic mass is 10.1. The first-order valence-electron chi connectivity index (χ1n) is 4.13. The van der Waals surface area contributed by atoms with Crippen LogP contribution in [-0.2, 0) is 0 Å². The molecule has 2 aliphatic heterocycles. The summed E-state index contributed by atoms with van der Waals surface area (Å²) in [6.45, 7) is 0.225. The Hall–Kier alpha value is -2.04. The van der Waals surface area contributed by atoms with Crippen LogP contribution in [0.25, 0.3) is 0 Å². The van der Waals surface area contributed by atoms with E-state index in [1.54, 1.807) is 12.1 Å². The zero-order chi connectivity index (χ0) is 9.71. The summed E-state index contributed by atoms with van der Waals surface area (Å²) in [4.78, 5) is 3.86. The summed E-state index contributed by atoms with van der Waals surface area (Å²) >= 11 is 0. The van der Waals surface area contributed by atoms with E-state index in [1.165, 1.54) is 0 Å². The van der Waals surface area contributed by atoms with Crippen molar-refractivity contribution in [2.75, 3.05) is 6.79 Å². The fraction of sp³-hybridized carbons (Fsp3) is 0.111. The second-order valence-corrected chi connectivity index (χ2v) is 3.10. The third kappa shape index (κ3) is 0.783. The van der Waals surface area contributed by atoms with Gasteiger partial charge in [-0.15, -0.1) is 0 Å². The second-order valence-electron chi connectivity index (χ2n) is 3.10. The summed E-state index contributed by atoms with van der Waals surface area (Å²) in [6, 6.07) is 3.50. The van der Waals surface area contributed by atoms with Crippen LogP contribution >= 0.6 is 0 Å². The molecule has 2 aliphatic rings. The van der Waals surface area contributed by atoms with Crippen molar-refractivity contribution in [3.8, 4) is 11.5 Å². The number of nitrogens with one attached hydrogen (secondary N) is 1. The lowest BCUT2D eigenvalue weighted by Crippen LogP contribution is -2.10. The number of nitrogens with two attached hydrogens (primary N) is 1. The standard InChI is InChI=1S/C9H7N3O2/c10-8-4-1-6-7(14-3-13-6)2-5(4)9(11)12-8/h1-2H,3H2,(H3,10,11,12). The highest BCUT2D eigenvalue weighted by molar-refractivity contribution is 6.21. The Morgan fingerprint density at radius 3 is 2.57 bits per heavy atom. The van der Waals surface area contributed by atoms with Gasteiger partial charge in [0.25, 0.3) is 0 Å². The number of fused-ring (bicyclic) bond motifs is 2. The van der Waals surface area contributed by atoms with E-state index in [0.29, 0.717) is 22.9 Å². The van der Waals surface area contributed by atoms with Crippen molar-refractivity contribution in [3.63, 3.8) is 0 Å². The molecule has 0 radical (unpaired) electrons. The molecule has 3 rings (SSSR count). The summed E-state index contributed by atoms with van der Waals surface area (Å²) < 4.78 is 10.4. The molecule has 0 atom stereocenters. The van der Waals surface area contributed by atoms with Crippen LogP contribution in [0.5, 0.6) is 11.5 Å². The van der Waals surface area contributed by atoms with Gasteiger partial charge in [0.05, 0.1) is 0 Å². The maximum atomic E-state index is 7.56. The van der Waals surface area contributed by atoms with Crippen LogP contribution in [0.1, 0.15) is 11.1 Å². The van der Waals surface area contributed by atoms with Crippen LogP contribution in [0.3, 0.4) is 0 Å². The van der Waals surface area contributed by atoms with Gasteiger partial charge in [0.15, 0.2) is 17.3 Å². The van der Waals surface area contributed by atoms with Crippen LogP contribution in [0.4, 0.5) is 0 Å². The number of benzene rings is 1. The molecule has 0 saturated carbocycles. The fourth-order valence-electron chi connectivity index (χ4n) is 1.59. The molecule has 0 spiro atoms. The van der Waals surface area contributed by atoms with E-state index in [1.807, 2.05) is 0 Å². The predicted molar refractivity (Wildman–Crippen MR) is 50.1 cm³/mol. The van der Waals surface area contributed by atoms with E-state index < -0.39 is 0 Å². The Bertz CT molecular complexity index is 479. The number of amidine groups is 2. The van der Waals surface area contributed by atoms with Crippen molar-refractivity contribution in [2.45, 2.75) is 0 Å². The van der Waals surface area contributed by atoms with Crippen molar-refractivity contribution in [2.24, 2.45) is 10.7 Å². The predicted octanol–water partition coefficient (Wildman–Crippen LogP) is 0.460. The maximum Gasteiger partial charge on any atom is 0.231 e. The summed E-state index contributed by atoms with van der Waals surface area (Å²) in [5.74, 6) is 1.86. The number of hydrogen-bond donors (Lipinski definition) is 2. The molecule has 1 aromatic rings. The van der Waals surface area contributed by atoms with Crippen LogP contribution in [-0.4, -0.2) is 18.5 Å². The number of rotatable bonds is 0. The molecule has 0 saturated heterocycles. The normalized spacial score (nSPS) is 16.9. The third-order valence-electron chi connectivity index (χ3n) is 2.28. The molecule has 14 heavy (non-hydrogen) atoms. The Morgan fingerprint density at radius 2 is 1.86 bits per heavy atom.